The van der Waals surface area contributed by atoms with Crippen LogP contribution in [0.1, 0.15) is 6.92 Å². The van der Waals surface area contributed by atoms with Gasteiger partial charge in [-0.2, -0.15) is 0 Å². The first kappa shape index (κ1) is 17.3. The second-order valence-corrected chi connectivity index (χ2v) is 6.48. The summed E-state index contributed by atoms with van der Waals surface area (Å²) < 4.78 is 28.8. The van der Waals surface area contributed by atoms with Crippen molar-refractivity contribution < 1.29 is 13.6 Å². The first-order valence-corrected chi connectivity index (χ1v) is 8.76. The smallest absolute Gasteiger partial charge is 0.219 e. The largest absolute Gasteiger partial charge is 0.352 e. The van der Waals surface area contributed by atoms with Gasteiger partial charge in [0.2, 0.25) is 5.91 Å². The van der Waals surface area contributed by atoms with Gasteiger partial charge in [-0.05, 0) is 24.3 Å². The van der Waals surface area contributed by atoms with Gasteiger partial charge in [-0.1, -0.05) is 18.2 Å². The molecule has 0 aliphatic carbocycles. The molecule has 1 aliphatic rings. The minimum Gasteiger partial charge on any atom is -0.352 e. The van der Waals surface area contributed by atoms with E-state index in [9.17, 15) is 13.6 Å². The molecule has 138 valence electrons. The van der Waals surface area contributed by atoms with Crippen LogP contribution in [0.15, 0.2) is 42.5 Å². The Labute approximate surface area is 155 Å². The van der Waals surface area contributed by atoms with E-state index in [-0.39, 0.29) is 17.3 Å². The Hall–Kier alpha value is -3.09. The molecule has 0 atom stereocenters. The van der Waals surface area contributed by atoms with E-state index >= 15 is 0 Å². The first-order chi connectivity index (χ1) is 13.0. The second-order valence-electron chi connectivity index (χ2n) is 6.48. The number of hydrogen-bond donors (Lipinski definition) is 0. The highest BCUT2D eigenvalue weighted by Crippen LogP contribution is 2.31. The molecule has 27 heavy (non-hydrogen) atoms. The molecular weight excluding hydrogens is 350 g/mol. The molecule has 5 nitrogen and oxygen atoms in total. The van der Waals surface area contributed by atoms with Gasteiger partial charge in [0.25, 0.3) is 0 Å². The fourth-order valence-electron chi connectivity index (χ4n) is 3.35. The third-order valence-electron chi connectivity index (χ3n) is 4.79. The number of carbonyl (C=O) groups excluding carboxylic acids is 1. The van der Waals surface area contributed by atoms with Crippen LogP contribution in [0.2, 0.25) is 0 Å². The van der Waals surface area contributed by atoms with Gasteiger partial charge in [0.05, 0.1) is 16.5 Å². The Morgan fingerprint density at radius 2 is 1.63 bits per heavy atom. The molecule has 4 rings (SSSR count). The zero-order valence-electron chi connectivity index (χ0n) is 14.8. The number of fused-ring (bicyclic) bond motifs is 1. The lowest BCUT2D eigenvalue weighted by atomic mass is 10.1. The maximum Gasteiger partial charge on any atom is 0.219 e. The van der Waals surface area contributed by atoms with Gasteiger partial charge >= 0.3 is 0 Å². The lowest BCUT2D eigenvalue weighted by Gasteiger charge is -2.35. The quantitative estimate of drug-likeness (QED) is 0.697. The van der Waals surface area contributed by atoms with Gasteiger partial charge in [0.1, 0.15) is 17.5 Å². The summed E-state index contributed by atoms with van der Waals surface area (Å²) >= 11 is 0. The second kappa shape index (κ2) is 6.90. The maximum atomic E-state index is 14.6. The zero-order chi connectivity index (χ0) is 19.0. The van der Waals surface area contributed by atoms with Crippen molar-refractivity contribution in [2.45, 2.75) is 6.92 Å². The molecule has 0 spiro atoms. The number of piperazine rings is 1. The number of aromatic nitrogens is 2. The summed E-state index contributed by atoms with van der Waals surface area (Å²) in [5.41, 5.74) is 0.694. The van der Waals surface area contributed by atoms with Gasteiger partial charge in [0, 0.05) is 33.1 Å². The Bertz CT molecular complexity index is 1020. The summed E-state index contributed by atoms with van der Waals surface area (Å²) in [4.78, 5) is 24.1. The fraction of sp³-hybridized carbons (Fsp3) is 0.250. The third kappa shape index (κ3) is 3.20. The van der Waals surface area contributed by atoms with Crippen molar-refractivity contribution in [2.75, 3.05) is 31.1 Å². The topological polar surface area (TPSA) is 49.3 Å². The van der Waals surface area contributed by atoms with E-state index in [0.29, 0.717) is 42.9 Å². The predicted molar refractivity (Wildman–Crippen MR) is 99.4 cm³/mol. The van der Waals surface area contributed by atoms with Crippen molar-refractivity contribution in [1.82, 2.24) is 14.9 Å². The lowest BCUT2D eigenvalue weighted by Crippen LogP contribution is -2.48. The fourth-order valence-corrected chi connectivity index (χ4v) is 3.35. The van der Waals surface area contributed by atoms with Crippen LogP contribution in [-0.4, -0.2) is 47.0 Å². The third-order valence-corrected chi connectivity index (χ3v) is 4.79. The van der Waals surface area contributed by atoms with Crippen molar-refractivity contribution in [1.29, 1.82) is 0 Å². The number of rotatable bonds is 2. The summed E-state index contributed by atoms with van der Waals surface area (Å²) in [6, 6.07) is 10.9. The molecule has 0 bridgehead atoms. The standard InChI is InChI=1S/C20H18F2N4O/c1-13(27)25-9-11-26(12-10-25)20-18-16(22)7-4-8-17(18)23-19(24-20)14-5-2-3-6-15(14)21/h2-8H,9-12H2,1H3. The van der Waals surface area contributed by atoms with Crippen LogP contribution in [0.4, 0.5) is 14.6 Å². The van der Waals surface area contributed by atoms with Crippen molar-refractivity contribution in [3.05, 3.63) is 54.1 Å². The first-order valence-electron chi connectivity index (χ1n) is 8.76. The lowest BCUT2D eigenvalue weighted by molar-refractivity contribution is -0.129. The highest BCUT2D eigenvalue weighted by Gasteiger charge is 2.24. The highest BCUT2D eigenvalue weighted by molar-refractivity contribution is 5.91. The Kier molecular flexibility index (Phi) is 4.43. The molecule has 7 heteroatoms. The van der Waals surface area contributed by atoms with Crippen LogP contribution in [0.3, 0.4) is 0 Å². The van der Waals surface area contributed by atoms with Crippen LogP contribution in [0, 0.1) is 11.6 Å². The number of anilines is 1. The molecule has 0 saturated carbocycles. The van der Waals surface area contributed by atoms with Crippen LogP contribution in [0.5, 0.6) is 0 Å². The average molecular weight is 368 g/mol. The Morgan fingerprint density at radius 1 is 0.926 bits per heavy atom. The minimum absolute atomic E-state index is 0.0143. The maximum absolute atomic E-state index is 14.6. The molecular formula is C20H18F2N4O. The summed E-state index contributed by atoms with van der Waals surface area (Å²) in [6.07, 6.45) is 0. The van der Waals surface area contributed by atoms with E-state index in [1.807, 2.05) is 4.90 Å². The molecule has 2 aromatic carbocycles. The zero-order valence-corrected chi connectivity index (χ0v) is 14.8. The number of hydrogen-bond acceptors (Lipinski definition) is 4. The number of halogens is 2. The van der Waals surface area contributed by atoms with Gasteiger partial charge in [-0.3, -0.25) is 4.79 Å². The van der Waals surface area contributed by atoms with E-state index in [4.69, 9.17) is 0 Å². The summed E-state index contributed by atoms with van der Waals surface area (Å²) in [5.74, 6) is -0.188. The molecule has 1 saturated heterocycles. The molecule has 1 aliphatic heterocycles. The molecule has 3 aromatic rings. The summed E-state index contributed by atoms with van der Waals surface area (Å²) in [6.45, 7) is 3.65. The van der Waals surface area contributed by atoms with Crippen molar-refractivity contribution >= 4 is 22.6 Å². The number of amides is 1. The van der Waals surface area contributed by atoms with Crippen LogP contribution < -0.4 is 4.90 Å². The predicted octanol–water partition coefficient (Wildman–Crippen LogP) is 3.24. The van der Waals surface area contributed by atoms with E-state index in [1.54, 1.807) is 35.2 Å². The molecule has 1 amide bonds. The van der Waals surface area contributed by atoms with Crippen molar-refractivity contribution in [2.24, 2.45) is 0 Å². The SMILES string of the molecule is CC(=O)N1CCN(c2nc(-c3ccccc3F)nc3cccc(F)c23)CC1. The number of benzene rings is 2. The number of carbonyl (C=O) groups is 1. The van der Waals surface area contributed by atoms with Crippen LogP contribution in [0.25, 0.3) is 22.3 Å². The van der Waals surface area contributed by atoms with Gasteiger partial charge < -0.3 is 9.80 Å². The average Bonchev–Trinajstić information content (AvgIpc) is 2.68. The van der Waals surface area contributed by atoms with Crippen LogP contribution >= 0.6 is 0 Å². The summed E-state index contributed by atoms with van der Waals surface area (Å²) in [5, 5.41) is 0.314. The molecule has 0 N–H and O–H groups in total. The molecule has 0 unspecified atom stereocenters. The summed E-state index contributed by atoms with van der Waals surface area (Å²) in [7, 11) is 0. The Morgan fingerprint density at radius 3 is 2.33 bits per heavy atom. The highest BCUT2D eigenvalue weighted by atomic mass is 19.1. The van der Waals surface area contributed by atoms with E-state index in [0.717, 1.165) is 0 Å². The van der Waals surface area contributed by atoms with Gasteiger partial charge in [-0.15, -0.1) is 0 Å². The van der Waals surface area contributed by atoms with E-state index < -0.39 is 11.6 Å². The monoisotopic (exact) mass is 368 g/mol. The van der Waals surface area contributed by atoms with Gasteiger partial charge in [-0.25, -0.2) is 18.7 Å². The van der Waals surface area contributed by atoms with Crippen molar-refractivity contribution in [3.63, 3.8) is 0 Å². The van der Waals surface area contributed by atoms with Crippen molar-refractivity contribution in [3.8, 4) is 11.4 Å². The van der Waals surface area contributed by atoms with Crippen LogP contribution in [-0.2, 0) is 4.79 Å². The van der Waals surface area contributed by atoms with E-state index in [2.05, 4.69) is 9.97 Å². The van der Waals surface area contributed by atoms with Gasteiger partial charge in [0.15, 0.2) is 5.82 Å². The van der Waals surface area contributed by atoms with E-state index in [1.165, 1.54) is 19.1 Å². The normalized spacial score (nSPS) is 14.6. The molecule has 1 aromatic heterocycles. The minimum atomic E-state index is -0.430. The number of nitrogens with zero attached hydrogens (tertiary/aromatic N) is 4. The molecule has 2 heterocycles. The Balaban J connectivity index is 1.83. The molecule has 0 radical (unpaired) electrons. The molecule has 1 fully saturated rings.